The van der Waals surface area contributed by atoms with Crippen molar-refractivity contribution in [1.82, 2.24) is 0 Å². The summed E-state index contributed by atoms with van der Waals surface area (Å²) < 4.78 is 0. The zero-order chi connectivity index (χ0) is 13.9. The van der Waals surface area contributed by atoms with Gasteiger partial charge in [-0.1, -0.05) is 30.3 Å². The van der Waals surface area contributed by atoms with E-state index in [4.69, 9.17) is 5.73 Å². The van der Waals surface area contributed by atoms with E-state index in [9.17, 15) is 4.79 Å². The summed E-state index contributed by atoms with van der Waals surface area (Å²) in [5, 5.41) is 6.21. The van der Waals surface area contributed by atoms with E-state index in [2.05, 4.69) is 22.8 Å². The number of nitrogens with two attached hydrogens (primary N) is 1. The Labute approximate surface area is 118 Å². The highest BCUT2D eigenvalue weighted by molar-refractivity contribution is 5.95. The number of benzene rings is 2. The molecule has 0 aliphatic carbocycles. The number of carbonyl (C=O) groups is 1. The average molecular weight is 267 g/mol. The van der Waals surface area contributed by atoms with Gasteiger partial charge in [-0.2, -0.15) is 0 Å². The van der Waals surface area contributed by atoms with Crippen molar-refractivity contribution in [3.05, 3.63) is 53.6 Å². The minimum absolute atomic E-state index is 0.0660. The van der Waals surface area contributed by atoms with Gasteiger partial charge in [0.1, 0.15) is 0 Å². The van der Waals surface area contributed by atoms with Crippen LogP contribution in [0.5, 0.6) is 0 Å². The molecule has 20 heavy (non-hydrogen) atoms. The maximum atomic E-state index is 11.4. The van der Waals surface area contributed by atoms with Crippen LogP contribution in [0.15, 0.2) is 42.5 Å². The van der Waals surface area contributed by atoms with E-state index < -0.39 is 0 Å². The first-order valence-corrected chi connectivity index (χ1v) is 6.72. The van der Waals surface area contributed by atoms with Gasteiger partial charge in [0.15, 0.2) is 0 Å². The number of aryl methyl sites for hydroxylation is 1. The summed E-state index contributed by atoms with van der Waals surface area (Å²) in [5.41, 5.74) is 10.8. The molecular formula is C16H17N3O. The van der Waals surface area contributed by atoms with Crippen LogP contribution < -0.4 is 16.4 Å². The van der Waals surface area contributed by atoms with E-state index in [0.29, 0.717) is 13.0 Å². The van der Waals surface area contributed by atoms with Gasteiger partial charge in [-0.05, 0) is 29.7 Å². The maximum absolute atomic E-state index is 11.4. The van der Waals surface area contributed by atoms with Crippen molar-refractivity contribution in [1.29, 1.82) is 0 Å². The lowest BCUT2D eigenvalue weighted by atomic mass is 10.0. The number of nitrogen functional groups attached to an aromatic ring is 1. The van der Waals surface area contributed by atoms with E-state index in [-0.39, 0.29) is 5.91 Å². The molecule has 4 N–H and O–H groups in total. The smallest absolute Gasteiger partial charge is 0.224 e. The molecule has 0 spiro atoms. The molecule has 0 bridgehead atoms. The van der Waals surface area contributed by atoms with Crippen molar-refractivity contribution >= 4 is 23.0 Å². The van der Waals surface area contributed by atoms with Crippen LogP contribution in [0.3, 0.4) is 0 Å². The van der Waals surface area contributed by atoms with Crippen molar-refractivity contribution < 1.29 is 4.79 Å². The first-order chi connectivity index (χ1) is 9.72. The molecule has 1 aliphatic heterocycles. The molecule has 3 rings (SSSR count). The van der Waals surface area contributed by atoms with Crippen molar-refractivity contribution in [2.75, 3.05) is 16.4 Å². The Morgan fingerprint density at radius 1 is 1.15 bits per heavy atom. The highest BCUT2D eigenvalue weighted by Crippen LogP contribution is 2.31. The van der Waals surface area contributed by atoms with Gasteiger partial charge in [-0.15, -0.1) is 0 Å². The number of amides is 1. The molecule has 1 amide bonds. The highest BCUT2D eigenvalue weighted by Gasteiger charge is 2.16. The molecule has 1 aliphatic rings. The predicted octanol–water partition coefficient (Wildman–Crippen LogP) is 2.77. The SMILES string of the molecule is Nc1cc2c(cc1NCc1ccccc1)NC(=O)CC2. The first-order valence-electron chi connectivity index (χ1n) is 6.72. The lowest BCUT2D eigenvalue weighted by molar-refractivity contribution is -0.116. The van der Waals surface area contributed by atoms with Crippen LogP contribution >= 0.6 is 0 Å². The summed E-state index contributed by atoms with van der Waals surface area (Å²) in [6.45, 7) is 0.706. The normalized spacial score (nSPS) is 13.5. The van der Waals surface area contributed by atoms with Crippen LogP contribution in [0, 0.1) is 0 Å². The van der Waals surface area contributed by atoms with Gasteiger partial charge in [0, 0.05) is 18.7 Å². The largest absolute Gasteiger partial charge is 0.397 e. The fourth-order valence-electron chi connectivity index (χ4n) is 2.39. The van der Waals surface area contributed by atoms with Crippen LogP contribution in [0.1, 0.15) is 17.5 Å². The molecular weight excluding hydrogens is 250 g/mol. The number of rotatable bonds is 3. The average Bonchev–Trinajstić information content (AvgIpc) is 2.46. The predicted molar refractivity (Wildman–Crippen MR) is 81.6 cm³/mol. The molecule has 0 saturated carbocycles. The van der Waals surface area contributed by atoms with Crippen molar-refractivity contribution in [3.8, 4) is 0 Å². The second-order valence-corrected chi connectivity index (χ2v) is 4.98. The van der Waals surface area contributed by atoms with E-state index >= 15 is 0 Å². The Balaban J connectivity index is 1.80. The van der Waals surface area contributed by atoms with Gasteiger partial charge < -0.3 is 16.4 Å². The molecule has 0 radical (unpaired) electrons. The number of fused-ring (bicyclic) bond motifs is 1. The lowest BCUT2D eigenvalue weighted by Crippen LogP contribution is -2.19. The molecule has 4 nitrogen and oxygen atoms in total. The summed E-state index contributed by atoms with van der Waals surface area (Å²) >= 11 is 0. The number of carbonyl (C=O) groups excluding carboxylic acids is 1. The fraction of sp³-hybridized carbons (Fsp3) is 0.188. The molecule has 0 unspecified atom stereocenters. The number of nitrogens with one attached hydrogen (secondary N) is 2. The second-order valence-electron chi connectivity index (χ2n) is 4.98. The van der Waals surface area contributed by atoms with Crippen LogP contribution in [0.25, 0.3) is 0 Å². The van der Waals surface area contributed by atoms with E-state index in [1.807, 2.05) is 30.3 Å². The number of hydrogen-bond donors (Lipinski definition) is 3. The van der Waals surface area contributed by atoms with Gasteiger partial charge in [0.05, 0.1) is 11.4 Å². The molecule has 0 saturated heterocycles. The zero-order valence-electron chi connectivity index (χ0n) is 11.1. The molecule has 0 aromatic heterocycles. The Morgan fingerprint density at radius 3 is 2.75 bits per heavy atom. The van der Waals surface area contributed by atoms with Crippen LogP contribution in [0.4, 0.5) is 17.1 Å². The van der Waals surface area contributed by atoms with E-state index in [0.717, 1.165) is 29.0 Å². The molecule has 2 aromatic rings. The van der Waals surface area contributed by atoms with E-state index in [1.54, 1.807) is 0 Å². The number of hydrogen-bond acceptors (Lipinski definition) is 3. The summed E-state index contributed by atoms with van der Waals surface area (Å²) in [5.74, 6) is 0.0660. The Hall–Kier alpha value is -2.49. The molecule has 1 heterocycles. The van der Waals surface area contributed by atoms with Crippen LogP contribution in [-0.4, -0.2) is 5.91 Å². The third kappa shape index (κ3) is 2.59. The highest BCUT2D eigenvalue weighted by atomic mass is 16.1. The van der Waals surface area contributed by atoms with Gasteiger partial charge in [0.25, 0.3) is 0 Å². The number of anilines is 3. The Kier molecular flexibility index (Phi) is 3.29. The Morgan fingerprint density at radius 2 is 1.95 bits per heavy atom. The van der Waals surface area contributed by atoms with Crippen molar-refractivity contribution in [2.24, 2.45) is 0 Å². The minimum Gasteiger partial charge on any atom is -0.397 e. The summed E-state index contributed by atoms with van der Waals surface area (Å²) in [6, 6.07) is 14.0. The Bertz CT molecular complexity index is 638. The monoisotopic (exact) mass is 267 g/mol. The molecule has 4 heteroatoms. The topological polar surface area (TPSA) is 67.2 Å². The summed E-state index contributed by atoms with van der Waals surface area (Å²) in [4.78, 5) is 11.4. The quantitative estimate of drug-likeness (QED) is 0.749. The standard InChI is InChI=1S/C16H17N3O/c17-13-8-12-6-7-16(20)19-14(12)9-15(13)18-10-11-4-2-1-3-5-11/h1-5,8-9,18H,6-7,10,17H2,(H,19,20). The van der Waals surface area contributed by atoms with E-state index in [1.165, 1.54) is 5.56 Å². The summed E-state index contributed by atoms with van der Waals surface area (Å²) in [7, 11) is 0. The van der Waals surface area contributed by atoms with Gasteiger partial charge >= 0.3 is 0 Å². The minimum atomic E-state index is 0.0660. The molecule has 0 fully saturated rings. The van der Waals surface area contributed by atoms with Crippen molar-refractivity contribution in [2.45, 2.75) is 19.4 Å². The molecule has 0 atom stereocenters. The fourth-order valence-corrected chi connectivity index (χ4v) is 2.39. The third-order valence-electron chi connectivity index (χ3n) is 3.50. The van der Waals surface area contributed by atoms with Crippen LogP contribution in [0.2, 0.25) is 0 Å². The maximum Gasteiger partial charge on any atom is 0.224 e. The van der Waals surface area contributed by atoms with Gasteiger partial charge in [-0.3, -0.25) is 4.79 Å². The summed E-state index contributed by atoms with van der Waals surface area (Å²) in [6.07, 6.45) is 1.29. The lowest BCUT2D eigenvalue weighted by Gasteiger charge is -2.19. The zero-order valence-corrected chi connectivity index (χ0v) is 11.1. The molecule has 2 aromatic carbocycles. The third-order valence-corrected chi connectivity index (χ3v) is 3.50. The second kappa shape index (κ2) is 5.25. The van der Waals surface area contributed by atoms with Crippen LogP contribution in [-0.2, 0) is 17.8 Å². The first kappa shape index (κ1) is 12.5. The van der Waals surface area contributed by atoms with Crippen molar-refractivity contribution in [3.63, 3.8) is 0 Å². The molecule has 102 valence electrons. The van der Waals surface area contributed by atoms with Gasteiger partial charge in [-0.25, -0.2) is 0 Å². The van der Waals surface area contributed by atoms with Gasteiger partial charge in [0.2, 0.25) is 5.91 Å².